The number of nitrogens with zero attached hydrogens (tertiary/aromatic N) is 2. The van der Waals surface area contributed by atoms with E-state index in [1.165, 1.54) is 23.0 Å². The van der Waals surface area contributed by atoms with Crippen molar-refractivity contribution in [2.24, 2.45) is 0 Å². The van der Waals surface area contributed by atoms with E-state index in [0.717, 1.165) is 0 Å². The number of aromatic nitrogens is 2. The van der Waals surface area contributed by atoms with Crippen LogP contribution in [0.3, 0.4) is 0 Å². The lowest BCUT2D eigenvalue weighted by Gasteiger charge is -2.14. The molecule has 0 aliphatic heterocycles. The molecule has 0 spiro atoms. The molecule has 29 heavy (non-hydrogen) atoms. The Morgan fingerprint density at radius 2 is 1.83 bits per heavy atom. The molecule has 1 aromatic heterocycles. The molecule has 0 radical (unpaired) electrons. The highest BCUT2D eigenvalue weighted by atomic mass is 19.1. The minimum atomic E-state index is -0.455. The van der Waals surface area contributed by atoms with Crippen LogP contribution < -0.4 is 10.6 Å². The van der Waals surface area contributed by atoms with Crippen molar-refractivity contribution in [2.75, 3.05) is 11.9 Å². The lowest BCUT2D eigenvalue weighted by atomic mass is 10.1. The molecule has 3 N–H and O–H groups in total. The SMILES string of the molecule is CCC(CO)NC(=O)c1ccc(NC(=O)c2ccn(-c3ccccc3F)n2)cc1. The number of nitrogens with one attached hydrogen (secondary N) is 2. The Balaban J connectivity index is 1.66. The Morgan fingerprint density at radius 1 is 1.10 bits per heavy atom. The zero-order valence-electron chi connectivity index (χ0n) is 15.8. The number of hydrogen-bond acceptors (Lipinski definition) is 4. The smallest absolute Gasteiger partial charge is 0.276 e. The number of rotatable bonds is 7. The van der Waals surface area contributed by atoms with E-state index in [1.54, 1.807) is 42.5 Å². The fraction of sp³-hybridized carbons (Fsp3) is 0.190. The summed E-state index contributed by atoms with van der Waals surface area (Å²) in [5.74, 6) is -1.20. The Hall–Kier alpha value is -3.52. The third-order valence-electron chi connectivity index (χ3n) is 4.37. The fourth-order valence-corrected chi connectivity index (χ4v) is 2.66. The van der Waals surface area contributed by atoms with Crippen molar-refractivity contribution in [1.29, 1.82) is 0 Å². The Morgan fingerprint density at radius 3 is 2.48 bits per heavy atom. The van der Waals surface area contributed by atoms with Gasteiger partial charge in [0.2, 0.25) is 0 Å². The first-order valence-electron chi connectivity index (χ1n) is 9.15. The number of benzene rings is 2. The average molecular weight is 396 g/mol. The molecule has 3 rings (SSSR count). The van der Waals surface area contributed by atoms with Gasteiger partial charge in [-0.3, -0.25) is 9.59 Å². The lowest BCUT2D eigenvalue weighted by molar-refractivity contribution is 0.0914. The molecule has 0 aliphatic carbocycles. The minimum Gasteiger partial charge on any atom is -0.394 e. The summed E-state index contributed by atoms with van der Waals surface area (Å²) in [5.41, 5.74) is 1.28. The standard InChI is InChI=1S/C21H21FN4O3/c1-2-15(13-27)23-20(28)14-7-9-16(10-8-14)24-21(29)18-11-12-26(25-18)19-6-4-3-5-17(19)22/h3-12,15,27H,2,13H2,1H3,(H,23,28)(H,24,29). The number of hydrogen-bond donors (Lipinski definition) is 3. The van der Waals surface area contributed by atoms with Crippen molar-refractivity contribution >= 4 is 17.5 Å². The molecule has 2 aromatic carbocycles. The average Bonchev–Trinajstić information content (AvgIpc) is 3.23. The highest BCUT2D eigenvalue weighted by molar-refractivity contribution is 6.03. The maximum Gasteiger partial charge on any atom is 0.276 e. The third kappa shape index (κ3) is 4.85. The zero-order chi connectivity index (χ0) is 20.8. The summed E-state index contributed by atoms with van der Waals surface area (Å²) >= 11 is 0. The van der Waals surface area contributed by atoms with Gasteiger partial charge in [0.05, 0.1) is 12.6 Å². The maximum absolute atomic E-state index is 13.9. The molecular formula is C21H21FN4O3. The van der Waals surface area contributed by atoms with Crippen molar-refractivity contribution in [1.82, 2.24) is 15.1 Å². The van der Waals surface area contributed by atoms with Gasteiger partial charge in [0, 0.05) is 17.4 Å². The van der Waals surface area contributed by atoms with Crippen molar-refractivity contribution in [3.05, 3.63) is 77.9 Å². The minimum absolute atomic E-state index is 0.129. The van der Waals surface area contributed by atoms with Crippen molar-refractivity contribution in [2.45, 2.75) is 19.4 Å². The molecule has 0 aliphatic rings. The summed E-state index contributed by atoms with van der Waals surface area (Å²) in [6.07, 6.45) is 2.13. The van der Waals surface area contributed by atoms with Gasteiger partial charge in [-0.2, -0.15) is 5.10 Å². The van der Waals surface area contributed by atoms with Crippen LogP contribution >= 0.6 is 0 Å². The number of para-hydroxylation sites is 1. The van der Waals surface area contributed by atoms with E-state index in [9.17, 15) is 19.1 Å². The molecular weight excluding hydrogens is 375 g/mol. The van der Waals surface area contributed by atoms with E-state index >= 15 is 0 Å². The van der Waals surface area contributed by atoms with Gasteiger partial charge in [-0.25, -0.2) is 9.07 Å². The molecule has 7 nitrogen and oxygen atoms in total. The number of carbonyl (C=O) groups excluding carboxylic acids is 2. The molecule has 0 saturated heterocycles. The molecule has 1 heterocycles. The van der Waals surface area contributed by atoms with Crippen LogP contribution in [0, 0.1) is 5.82 Å². The van der Waals surface area contributed by atoms with E-state index in [4.69, 9.17) is 0 Å². The van der Waals surface area contributed by atoms with E-state index < -0.39 is 11.7 Å². The van der Waals surface area contributed by atoms with Gasteiger partial charge in [-0.05, 0) is 48.9 Å². The van der Waals surface area contributed by atoms with Gasteiger partial charge in [0.25, 0.3) is 11.8 Å². The predicted octanol–water partition coefficient (Wildman–Crippen LogP) is 2.76. The maximum atomic E-state index is 13.9. The second kappa shape index (κ2) is 9.11. The molecule has 1 atom stereocenters. The van der Waals surface area contributed by atoms with Crippen LogP contribution in [-0.4, -0.2) is 39.4 Å². The van der Waals surface area contributed by atoms with E-state index in [2.05, 4.69) is 15.7 Å². The van der Waals surface area contributed by atoms with Crippen molar-refractivity contribution < 1.29 is 19.1 Å². The first kappa shape index (κ1) is 20.2. The third-order valence-corrected chi connectivity index (χ3v) is 4.37. The first-order chi connectivity index (χ1) is 14.0. The Bertz CT molecular complexity index is 997. The predicted molar refractivity (Wildman–Crippen MR) is 107 cm³/mol. The van der Waals surface area contributed by atoms with Crippen LogP contribution in [-0.2, 0) is 0 Å². The number of amides is 2. The topological polar surface area (TPSA) is 96.3 Å². The summed E-state index contributed by atoms with van der Waals surface area (Å²) in [6.45, 7) is 1.74. The number of aliphatic hydroxyl groups is 1. The largest absolute Gasteiger partial charge is 0.394 e. The quantitative estimate of drug-likeness (QED) is 0.572. The molecule has 0 fully saturated rings. The van der Waals surface area contributed by atoms with Crippen LogP contribution in [0.5, 0.6) is 0 Å². The molecule has 2 amide bonds. The van der Waals surface area contributed by atoms with Crippen LogP contribution in [0.25, 0.3) is 5.69 Å². The second-order valence-electron chi connectivity index (χ2n) is 6.39. The fourth-order valence-electron chi connectivity index (χ4n) is 2.66. The van der Waals surface area contributed by atoms with Gasteiger partial charge in [0.15, 0.2) is 5.69 Å². The number of carbonyl (C=O) groups is 2. The Labute approximate surface area is 167 Å². The summed E-state index contributed by atoms with van der Waals surface area (Å²) in [4.78, 5) is 24.5. The summed E-state index contributed by atoms with van der Waals surface area (Å²) in [6, 6.07) is 13.7. The normalized spacial score (nSPS) is 11.7. The molecule has 0 saturated carbocycles. The summed E-state index contributed by atoms with van der Waals surface area (Å²) in [7, 11) is 0. The van der Waals surface area contributed by atoms with Crippen LogP contribution in [0.4, 0.5) is 10.1 Å². The van der Waals surface area contributed by atoms with E-state index in [0.29, 0.717) is 17.7 Å². The lowest BCUT2D eigenvalue weighted by Crippen LogP contribution is -2.36. The van der Waals surface area contributed by atoms with Gasteiger partial charge in [0.1, 0.15) is 11.5 Å². The van der Waals surface area contributed by atoms with Gasteiger partial charge in [-0.1, -0.05) is 19.1 Å². The van der Waals surface area contributed by atoms with Crippen LogP contribution in [0.2, 0.25) is 0 Å². The van der Waals surface area contributed by atoms with Gasteiger partial charge >= 0.3 is 0 Å². The van der Waals surface area contributed by atoms with Crippen molar-refractivity contribution in [3.63, 3.8) is 0 Å². The Kier molecular flexibility index (Phi) is 6.36. The van der Waals surface area contributed by atoms with Crippen molar-refractivity contribution in [3.8, 4) is 5.69 Å². The number of aliphatic hydroxyl groups excluding tert-OH is 1. The highest BCUT2D eigenvalue weighted by Gasteiger charge is 2.14. The zero-order valence-corrected chi connectivity index (χ0v) is 15.8. The van der Waals surface area contributed by atoms with E-state index in [1.807, 2.05) is 6.92 Å². The van der Waals surface area contributed by atoms with Crippen LogP contribution in [0.1, 0.15) is 34.2 Å². The van der Waals surface area contributed by atoms with Gasteiger partial charge < -0.3 is 15.7 Å². The second-order valence-corrected chi connectivity index (χ2v) is 6.39. The highest BCUT2D eigenvalue weighted by Crippen LogP contribution is 2.14. The summed E-state index contributed by atoms with van der Waals surface area (Å²) in [5, 5.41) is 18.7. The van der Waals surface area contributed by atoms with Gasteiger partial charge in [-0.15, -0.1) is 0 Å². The number of anilines is 1. The molecule has 3 aromatic rings. The molecule has 8 heteroatoms. The van der Waals surface area contributed by atoms with Crippen LogP contribution in [0.15, 0.2) is 60.8 Å². The molecule has 1 unspecified atom stereocenters. The number of halogens is 1. The molecule has 150 valence electrons. The first-order valence-corrected chi connectivity index (χ1v) is 9.15. The molecule has 0 bridgehead atoms. The summed E-state index contributed by atoms with van der Waals surface area (Å²) < 4.78 is 15.1. The monoisotopic (exact) mass is 396 g/mol. The van der Waals surface area contributed by atoms with E-state index in [-0.39, 0.29) is 29.9 Å².